The first-order valence-electron chi connectivity index (χ1n) is 15.5. The molecule has 3 nitrogen and oxygen atoms in total. The lowest BCUT2D eigenvalue weighted by Crippen LogP contribution is -1.91. The van der Waals surface area contributed by atoms with Gasteiger partial charge in [0, 0.05) is 38.9 Å². The largest absolute Gasteiger partial charge is 0.455 e. The topological polar surface area (TPSA) is 30.4 Å². The number of furan rings is 1. The van der Waals surface area contributed by atoms with Crippen LogP contribution in [0.4, 0.5) is 0 Å². The smallest absolute Gasteiger partial charge is 0.145 e. The summed E-state index contributed by atoms with van der Waals surface area (Å²) in [5.74, 6) is 0. The van der Waals surface area contributed by atoms with Gasteiger partial charge in [0.05, 0.1) is 11.2 Å². The van der Waals surface area contributed by atoms with Crippen LogP contribution in [0.3, 0.4) is 0 Å². The van der Waals surface area contributed by atoms with Crippen molar-refractivity contribution >= 4 is 49.3 Å². The second-order valence-electron chi connectivity index (χ2n) is 12.2. The van der Waals surface area contributed by atoms with Gasteiger partial charge in [0.15, 0.2) is 0 Å². The van der Waals surface area contributed by atoms with Crippen LogP contribution in [0.5, 0.6) is 0 Å². The lowest BCUT2D eigenvalue weighted by atomic mass is 9.96. The van der Waals surface area contributed by atoms with Crippen LogP contribution >= 0.6 is 0 Å². The average molecular weight is 579 g/mol. The summed E-state index contributed by atoms with van der Waals surface area (Å²) in [5, 5.41) is 5.86. The molecule has 3 heterocycles. The highest BCUT2D eigenvalue weighted by Crippen LogP contribution is 2.39. The van der Waals surface area contributed by atoms with Crippen LogP contribution in [-0.4, -0.2) is 9.38 Å². The molecule has 3 aromatic heterocycles. The monoisotopic (exact) mass is 578 g/mol. The molecule has 9 aromatic rings. The third-order valence-electron chi connectivity index (χ3n) is 9.26. The Hall–Kier alpha value is -5.67. The van der Waals surface area contributed by atoms with E-state index in [9.17, 15) is 0 Å². The number of benzene rings is 6. The van der Waals surface area contributed by atoms with Gasteiger partial charge in [-0.25, -0.2) is 4.98 Å². The van der Waals surface area contributed by atoms with Crippen LogP contribution in [0, 0.1) is 20.8 Å². The molecular weight excluding hydrogens is 548 g/mol. The molecule has 0 saturated carbocycles. The van der Waals surface area contributed by atoms with Gasteiger partial charge in [0.1, 0.15) is 16.8 Å². The SMILES string of the molecule is Cc1cc(C)c(-c2cn3c4ccc(-c5cccc(-c6cccc7c6oc6ccccc67)c5)cc4c4ccccc4c3n2)c(C)c1. The van der Waals surface area contributed by atoms with Crippen molar-refractivity contribution in [3.8, 4) is 33.5 Å². The number of hydrogen-bond acceptors (Lipinski definition) is 2. The summed E-state index contributed by atoms with van der Waals surface area (Å²) in [5.41, 5.74) is 14.6. The fourth-order valence-corrected chi connectivity index (χ4v) is 7.35. The van der Waals surface area contributed by atoms with Crippen molar-refractivity contribution in [1.29, 1.82) is 0 Å². The highest BCUT2D eigenvalue weighted by molar-refractivity contribution is 6.13. The number of aromatic nitrogens is 2. The zero-order chi connectivity index (χ0) is 30.2. The van der Waals surface area contributed by atoms with Crippen molar-refractivity contribution in [3.05, 3.63) is 144 Å². The summed E-state index contributed by atoms with van der Waals surface area (Å²) >= 11 is 0. The number of rotatable bonds is 3. The van der Waals surface area contributed by atoms with Crippen LogP contribution in [0.2, 0.25) is 0 Å². The Bertz CT molecular complexity index is 2610. The molecule has 0 amide bonds. The maximum Gasteiger partial charge on any atom is 0.145 e. The van der Waals surface area contributed by atoms with Gasteiger partial charge < -0.3 is 4.42 Å². The van der Waals surface area contributed by atoms with Crippen molar-refractivity contribution in [2.45, 2.75) is 20.8 Å². The van der Waals surface area contributed by atoms with Crippen LogP contribution in [-0.2, 0) is 0 Å². The van der Waals surface area contributed by atoms with E-state index < -0.39 is 0 Å². The minimum Gasteiger partial charge on any atom is -0.455 e. The maximum atomic E-state index is 6.38. The van der Waals surface area contributed by atoms with Crippen molar-refractivity contribution in [2.24, 2.45) is 0 Å². The number of nitrogens with zero attached hydrogens (tertiary/aromatic N) is 2. The molecule has 6 aromatic carbocycles. The molecule has 0 fully saturated rings. The molecule has 0 spiro atoms. The van der Waals surface area contributed by atoms with E-state index in [2.05, 4.69) is 141 Å². The van der Waals surface area contributed by atoms with Gasteiger partial charge in [0.2, 0.25) is 0 Å². The number of pyridine rings is 1. The summed E-state index contributed by atoms with van der Waals surface area (Å²) < 4.78 is 8.65. The zero-order valence-corrected chi connectivity index (χ0v) is 25.4. The Labute approximate surface area is 261 Å². The van der Waals surface area contributed by atoms with Gasteiger partial charge in [-0.1, -0.05) is 103 Å². The molecule has 45 heavy (non-hydrogen) atoms. The van der Waals surface area contributed by atoms with E-state index in [1.165, 1.54) is 44.2 Å². The first kappa shape index (κ1) is 25.8. The molecule has 214 valence electrons. The van der Waals surface area contributed by atoms with Crippen molar-refractivity contribution in [3.63, 3.8) is 0 Å². The van der Waals surface area contributed by atoms with Crippen molar-refractivity contribution in [1.82, 2.24) is 9.38 Å². The van der Waals surface area contributed by atoms with Gasteiger partial charge >= 0.3 is 0 Å². The lowest BCUT2D eigenvalue weighted by Gasteiger charge is -2.11. The molecule has 0 aliphatic rings. The van der Waals surface area contributed by atoms with Crippen molar-refractivity contribution in [2.75, 3.05) is 0 Å². The molecule has 0 aliphatic carbocycles. The van der Waals surface area contributed by atoms with E-state index >= 15 is 0 Å². The lowest BCUT2D eigenvalue weighted by molar-refractivity contribution is 0.670. The summed E-state index contributed by atoms with van der Waals surface area (Å²) in [6.07, 6.45) is 2.21. The van der Waals surface area contributed by atoms with Gasteiger partial charge in [-0.2, -0.15) is 0 Å². The third-order valence-corrected chi connectivity index (χ3v) is 9.26. The quantitative estimate of drug-likeness (QED) is 0.195. The standard InChI is InChI=1S/C42H30N2O/c1-25-20-26(2)40(27(3)21-25)37-24-44-38-19-18-29(23-36(38)32-12-4-5-14-35(32)42(44)43-37)28-10-8-11-30(22-28)31-15-9-16-34-33-13-6-7-17-39(33)45-41(31)34/h4-24H,1-3H3. The molecule has 0 unspecified atom stereocenters. The average Bonchev–Trinajstić information content (AvgIpc) is 3.67. The second kappa shape index (κ2) is 9.67. The molecular formula is C42H30N2O. The van der Waals surface area contributed by atoms with E-state index in [4.69, 9.17) is 9.40 Å². The molecule has 3 heteroatoms. The predicted molar refractivity (Wildman–Crippen MR) is 188 cm³/mol. The Morgan fingerprint density at radius 1 is 0.556 bits per heavy atom. The summed E-state index contributed by atoms with van der Waals surface area (Å²) in [7, 11) is 0. The maximum absolute atomic E-state index is 6.38. The highest BCUT2D eigenvalue weighted by Gasteiger charge is 2.17. The normalized spacial score (nSPS) is 11.9. The number of para-hydroxylation sites is 2. The number of hydrogen-bond donors (Lipinski definition) is 0. The molecule has 0 N–H and O–H groups in total. The molecule has 0 atom stereocenters. The number of aryl methyl sites for hydroxylation is 3. The van der Waals surface area contributed by atoms with Crippen LogP contribution in [0.15, 0.2) is 132 Å². The van der Waals surface area contributed by atoms with E-state index in [1.807, 2.05) is 12.1 Å². The summed E-state index contributed by atoms with van der Waals surface area (Å²) in [6.45, 7) is 6.52. The van der Waals surface area contributed by atoms with Crippen LogP contribution in [0.25, 0.3) is 82.8 Å². The fraction of sp³-hybridized carbons (Fsp3) is 0.0714. The van der Waals surface area contributed by atoms with Gasteiger partial charge in [0.25, 0.3) is 0 Å². The highest BCUT2D eigenvalue weighted by atomic mass is 16.3. The van der Waals surface area contributed by atoms with Gasteiger partial charge in [-0.15, -0.1) is 0 Å². The van der Waals surface area contributed by atoms with Crippen LogP contribution in [0.1, 0.15) is 16.7 Å². The molecule has 0 radical (unpaired) electrons. The Kier molecular flexibility index (Phi) is 5.54. The number of imidazole rings is 1. The minimum atomic E-state index is 0.916. The Morgan fingerprint density at radius 3 is 2.09 bits per heavy atom. The first-order chi connectivity index (χ1) is 22.0. The van der Waals surface area contributed by atoms with Gasteiger partial charge in [-0.3, -0.25) is 4.40 Å². The fourth-order valence-electron chi connectivity index (χ4n) is 7.35. The minimum absolute atomic E-state index is 0.916. The summed E-state index contributed by atoms with van der Waals surface area (Å²) in [6, 6.07) is 43.4. The molecule has 0 saturated heterocycles. The zero-order valence-electron chi connectivity index (χ0n) is 25.4. The Morgan fingerprint density at radius 2 is 1.24 bits per heavy atom. The molecule has 0 bridgehead atoms. The third kappa shape index (κ3) is 3.94. The Balaban J connectivity index is 1.23. The van der Waals surface area contributed by atoms with E-state index in [-0.39, 0.29) is 0 Å². The predicted octanol–water partition coefficient (Wildman–Crippen LogP) is 11.5. The summed E-state index contributed by atoms with van der Waals surface area (Å²) in [4.78, 5) is 5.23. The molecule has 0 aliphatic heterocycles. The van der Waals surface area contributed by atoms with Crippen molar-refractivity contribution < 1.29 is 4.42 Å². The first-order valence-corrected chi connectivity index (χ1v) is 15.5. The molecule has 9 rings (SSSR count). The number of fused-ring (bicyclic) bond motifs is 9. The van der Waals surface area contributed by atoms with E-state index in [0.717, 1.165) is 55.3 Å². The van der Waals surface area contributed by atoms with Crippen LogP contribution < -0.4 is 0 Å². The van der Waals surface area contributed by atoms with E-state index in [0.29, 0.717) is 0 Å². The second-order valence-corrected chi connectivity index (χ2v) is 12.2. The van der Waals surface area contributed by atoms with E-state index in [1.54, 1.807) is 0 Å². The van der Waals surface area contributed by atoms with Gasteiger partial charge in [-0.05, 0) is 78.2 Å².